The van der Waals surface area contributed by atoms with Gasteiger partial charge in [-0.3, -0.25) is 4.79 Å². The van der Waals surface area contributed by atoms with E-state index in [0.29, 0.717) is 11.3 Å². The maximum Gasteiger partial charge on any atom is 0.187 e. The van der Waals surface area contributed by atoms with Crippen molar-refractivity contribution in [1.29, 1.82) is 0 Å². The molecule has 22 heavy (non-hydrogen) atoms. The summed E-state index contributed by atoms with van der Waals surface area (Å²) in [5, 5.41) is 3.00. The number of ether oxygens (including phenoxy) is 1. The Hall–Kier alpha value is -2.14. The number of carbonyl (C=O) groups excluding carboxylic acids is 1. The van der Waals surface area contributed by atoms with Crippen LogP contribution in [0.1, 0.15) is 10.4 Å². The van der Waals surface area contributed by atoms with Crippen LogP contribution in [-0.4, -0.2) is 19.1 Å². The van der Waals surface area contributed by atoms with Gasteiger partial charge in [-0.1, -0.05) is 15.9 Å². The number of allylic oxidation sites excluding steroid dienone is 1. The second kappa shape index (κ2) is 8.34. The number of nitrogens with one attached hydrogen (secondary N) is 1. The molecule has 2 rings (SSSR count). The molecule has 0 unspecified atom stereocenters. The van der Waals surface area contributed by atoms with Gasteiger partial charge in [-0.15, -0.1) is 0 Å². The number of anilines is 1. The summed E-state index contributed by atoms with van der Waals surface area (Å²) >= 11 is 3.33. The molecule has 0 spiro atoms. The molecule has 0 aliphatic rings. The lowest BCUT2D eigenvalue weighted by molar-refractivity contribution is 0.104. The number of carbonyl (C=O) groups is 1. The highest BCUT2D eigenvalue weighted by Crippen LogP contribution is 2.16. The fourth-order valence-electron chi connectivity index (χ4n) is 1.73. The second-order valence-electron chi connectivity index (χ2n) is 4.41. The largest absolute Gasteiger partial charge is 0.491 e. The van der Waals surface area contributed by atoms with E-state index in [4.69, 9.17) is 4.74 Å². The molecule has 0 atom stereocenters. The van der Waals surface area contributed by atoms with Crippen molar-refractivity contribution in [3.8, 4) is 5.75 Å². The van der Waals surface area contributed by atoms with Crippen molar-refractivity contribution in [2.45, 2.75) is 0 Å². The minimum absolute atomic E-state index is 0.0500. The van der Waals surface area contributed by atoms with Crippen LogP contribution in [0.2, 0.25) is 0 Å². The van der Waals surface area contributed by atoms with E-state index in [2.05, 4.69) is 21.2 Å². The molecular formula is C17H15BrFNO2. The number of hydrogen-bond donors (Lipinski definition) is 1. The first-order chi connectivity index (χ1) is 10.7. The van der Waals surface area contributed by atoms with Crippen LogP contribution in [0.3, 0.4) is 0 Å². The van der Waals surface area contributed by atoms with Crippen molar-refractivity contribution in [2.24, 2.45) is 0 Å². The first-order valence-electron chi connectivity index (χ1n) is 6.71. The summed E-state index contributed by atoms with van der Waals surface area (Å²) in [6.07, 6.45) is 3.05. The van der Waals surface area contributed by atoms with E-state index in [9.17, 15) is 9.18 Å². The van der Waals surface area contributed by atoms with Crippen LogP contribution < -0.4 is 10.1 Å². The van der Waals surface area contributed by atoms with Crippen molar-refractivity contribution >= 4 is 27.4 Å². The van der Waals surface area contributed by atoms with Crippen LogP contribution in [-0.2, 0) is 0 Å². The monoisotopic (exact) mass is 362 g/mol. The molecule has 0 saturated heterocycles. The molecule has 0 aliphatic heterocycles. The number of benzene rings is 2. The van der Waals surface area contributed by atoms with E-state index in [1.54, 1.807) is 42.6 Å². The van der Waals surface area contributed by atoms with Crippen LogP contribution in [0.15, 0.2) is 65.3 Å². The summed E-state index contributed by atoms with van der Waals surface area (Å²) in [6, 6.07) is 14.2. The average Bonchev–Trinajstić information content (AvgIpc) is 2.54. The lowest BCUT2D eigenvalue weighted by atomic mass is 10.1. The molecule has 3 nitrogen and oxygen atoms in total. The Balaban J connectivity index is 1.88. The number of alkyl halides is 1. The minimum atomic E-state index is -0.513. The van der Waals surface area contributed by atoms with Gasteiger partial charge in [0.05, 0.1) is 0 Å². The lowest BCUT2D eigenvalue weighted by Crippen LogP contribution is -1.98. The molecule has 0 radical (unpaired) electrons. The molecule has 2 aromatic rings. The van der Waals surface area contributed by atoms with Gasteiger partial charge in [0.25, 0.3) is 0 Å². The maximum atomic E-state index is 12.0. The van der Waals surface area contributed by atoms with Crippen molar-refractivity contribution in [3.05, 3.63) is 70.8 Å². The van der Waals surface area contributed by atoms with Crippen LogP contribution in [0.4, 0.5) is 10.1 Å². The fraction of sp³-hybridized carbons (Fsp3) is 0.118. The van der Waals surface area contributed by atoms with E-state index in [1.807, 2.05) is 12.1 Å². The highest BCUT2D eigenvalue weighted by Gasteiger charge is 2.00. The van der Waals surface area contributed by atoms with Gasteiger partial charge >= 0.3 is 0 Å². The standard InChI is InChI=1S/C17H15BrFNO2/c18-14-3-1-13(2-4-14)17(21)9-11-20-15-5-7-16(8-6-15)22-12-10-19/h1-9,11,20H,10,12H2/b11-9+/i19-1. The SMILES string of the molecule is O=C(/C=C/Nc1ccc(OCC[18F])cc1)c1ccc(Br)cc1. The first kappa shape index (κ1) is 16.2. The van der Waals surface area contributed by atoms with E-state index in [0.717, 1.165) is 10.2 Å². The molecule has 0 saturated carbocycles. The molecule has 114 valence electrons. The zero-order chi connectivity index (χ0) is 15.8. The van der Waals surface area contributed by atoms with E-state index in [1.165, 1.54) is 6.08 Å². The first-order valence-corrected chi connectivity index (χ1v) is 7.50. The Morgan fingerprint density at radius 1 is 1.14 bits per heavy atom. The van der Waals surface area contributed by atoms with Crippen molar-refractivity contribution in [2.75, 3.05) is 18.6 Å². The molecule has 5 heteroatoms. The van der Waals surface area contributed by atoms with Crippen molar-refractivity contribution in [1.82, 2.24) is 0 Å². The fourth-order valence-corrected chi connectivity index (χ4v) is 1.99. The van der Waals surface area contributed by atoms with Gasteiger partial charge in [-0.2, -0.15) is 0 Å². The quantitative estimate of drug-likeness (QED) is 0.577. The number of ketones is 1. The summed E-state index contributed by atoms with van der Waals surface area (Å²) in [5.41, 5.74) is 1.43. The average molecular weight is 363 g/mol. The van der Waals surface area contributed by atoms with Gasteiger partial charge in [0.15, 0.2) is 5.78 Å². The van der Waals surface area contributed by atoms with Crippen molar-refractivity contribution in [3.63, 3.8) is 0 Å². The Morgan fingerprint density at radius 3 is 2.45 bits per heavy atom. The third-order valence-corrected chi connectivity index (χ3v) is 3.34. The Morgan fingerprint density at radius 2 is 1.82 bits per heavy atom. The molecule has 0 aromatic heterocycles. The predicted octanol–water partition coefficient (Wildman–Crippen LogP) is 4.61. The van der Waals surface area contributed by atoms with Gasteiger partial charge < -0.3 is 10.1 Å². The minimum Gasteiger partial charge on any atom is -0.491 e. The van der Waals surface area contributed by atoms with Crippen LogP contribution in [0.5, 0.6) is 5.75 Å². The summed E-state index contributed by atoms with van der Waals surface area (Å²) in [5.74, 6) is 0.529. The highest BCUT2D eigenvalue weighted by atomic mass is 79.9. The summed E-state index contributed by atoms with van der Waals surface area (Å²) in [6.45, 7) is -0.463. The van der Waals surface area contributed by atoms with E-state index in [-0.39, 0.29) is 12.4 Å². The molecule has 0 aliphatic carbocycles. The summed E-state index contributed by atoms with van der Waals surface area (Å²) in [4.78, 5) is 11.9. The zero-order valence-electron chi connectivity index (χ0n) is 11.8. The molecule has 2 aromatic carbocycles. The topological polar surface area (TPSA) is 38.3 Å². The summed E-state index contributed by atoms with van der Waals surface area (Å²) in [7, 11) is 0. The Bertz CT molecular complexity index is 639. The lowest BCUT2D eigenvalue weighted by Gasteiger charge is -2.05. The number of hydrogen-bond acceptors (Lipinski definition) is 3. The second-order valence-corrected chi connectivity index (χ2v) is 5.33. The predicted molar refractivity (Wildman–Crippen MR) is 89.1 cm³/mol. The molecule has 1 N–H and O–H groups in total. The normalized spacial score (nSPS) is 10.6. The smallest absolute Gasteiger partial charge is 0.187 e. The third-order valence-electron chi connectivity index (χ3n) is 2.81. The Kier molecular flexibility index (Phi) is 6.15. The van der Waals surface area contributed by atoms with Gasteiger partial charge in [-0.25, -0.2) is 4.39 Å². The molecule has 0 fully saturated rings. The van der Waals surface area contributed by atoms with Gasteiger partial charge in [0, 0.05) is 28.0 Å². The third kappa shape index (κ3) is 5.00. The zero-order valence-corrected chi connectivity index (χ0v) is 13.3. The van der Waals surface area contributed by atoms with E-state index < -0.39 is 6.67 Å². The molecule has 0 amide bonds. The molecular weight excluding hydrogens is 348 g/mol. The van der Waals surface area contributed by atoms with Crippen LogP contribution in [0, 0.1) is 0 Å². The van der Waals surface area contributed by atoms with Gasteiger partial charge in [0.1, 0.15) is 19.0 Å². The number of halogens is 2. The molecule has 0 heterocycles. The van der Waals surface area contributed by atoms with Crippen molar-refractivity contribution < 1.29 is 13.9 Å². The van der Waals surface area contributed by atoms with Gasteiger partial charge in [0.2, 0.25) is 0 Å². The maximum absolute atomic E-state index is 12.0. The van der Waals surface area contributed by atoms with Crippen LogP contribution >= 0.6 is 15.9 Å². The van der Waals surface area contributed by atoms with E-state index >= 15 is 0 Å². The Labute approximate surface area is 136 Å². The highest BCUT2D eigenvalue weighted by molar-refractivity contribution is 9.10. The van der Waals surface area contributed by atoms with Gasteiger partial charge in [-0.05, 0) is 48.5 Å². The van der Waals surface area contributed by atoms with Crippen LogP contribution in [0.25, 0.3) is 0 Å². The molecule has 0 bridgehead atoms. The summed E-state index contributed by atoms with van der Waals surface area (Å²) < 4.78 is 18.1. The number of rotatable bonds is 7.